The molecular formula is C20H16N2O3. The maximum atomic E-state index is 11.6. The minimum atomic E-state index is -0.187. The maximum absolute atomic E-state index is 11.6. The summed E-state index contributed by atoms with van der Waals surface area (Å²) in [4.78, 5) is 16.3. The summed E-state index contributed by atoms with van der Waals surface area (Å²) in [7, 11) is 0. The van der Waals surface area contributed by atoms with Crippen LogP contribution in [0.5, 0.6) is 5.88 Å². The van der Waals surface area contributed by atoms with Crippen molar-refractivity contribution in [2.24, 2.45) is 0 Å². The van der Waals surface area contributed by atoms with E-state index in [0.29, 0.717) is 11.6 Å². The second-order valence-electron chi connectivity index (χ2n) is 5.80. The first-order chi connectivity index (χ1) is 12.2. The van der Waals surface area contributed by atoms with Gasteiger partial charge in [-0.05, 0) is 17.2 Å². The molecule has 1 aliphatic heterocycles. The smallest absolute Gasteiger partial charge is 0.262 e. The predicted molar refractivity (Wildman–Crippen MR) is 95.2 cm³/mol. The molecule has 4 rings (SSSR count). The zero-order valence-electron chi connectivity index (χ0n) is 13.4. The van der Waals surface area contributed by atoms with Crippen LogP contribution in [0.25, 0.3) is 22.4 Å². The molecule has 1 amide bonds. The molecule has 0 radical (unpaired) electrons. The highest BCUT2D eigenvalue weighted by Gasteiger charge is 2.21. The highest BCUT2D eigenvalue weighted by atomic mass is 16.5. The molecule has 0 spiro atoms. The van der Waals surface area contributed by atoms with Gasteiger partial charge in [-0.25, -0.2) is 4.98 Å². The van der Waals surface area contributed by atoms with Crippen LogP contribution in [0.1, 0.15) is 5.56 Å². The van der Waals surface area contributed by atoms with E-state index in [1.807, 2.05) is 60.7 Å². The summed E-state index contributed by atoms with van der Waals surface area (Å²) >= 11 is 0. The Morgan fingerprint density at radius 1 is 1.04 bits per heavy atom. The van der Waals surface area contributed by atoms with Crippen molar-refractivity contribution in [3.8, 4) is 28.3 Å². The van der Waals surface area contributed by atoms with Crippen molar-refractivity contribution in [3.05, 3.63) is 66.2 Å². The molecule has 0 bridgehead atoms. The molecule has 0 unspecified atom stereocenters. The zero-order chi connectivity index (χ0) is 17.2. The first-order valence-corrected chi connectivity index (χ1v) is 7.98. The summed E-state index contributed by atoms with van der Waals surface area (Å²) in [5.74, 6) is 0.230. The second kappa shape index (κ2) is 6.37. The lowest BCUT2D eigenvalue weighted by Gasteiger charge is -2.20. The van der Waals surface area contributed by atoms with Crippen molar-refractivity contribution in [1.29, 1.82) is 0 Å². The number of rotatable bonds is 3. The Labute approximate surface area is 144 Å². The summed E-state index contributed by atoms with van der Waals surface area (Å²) in [5, 5.41) is 12.0. The number of pyridine rings is 1. The van der Waals surface area contributed by atoms with Crippen LogP contribution in [0.3, 0.4) is 0 Å². The van der Waals surface area contributed by atoms with Crippen LogP contribution >= 0.6 is 0 Å². The largest absolute Gasteiger partial charge is 0.466 e. The molecule has 124 valence electrons. The molecule has 0 atom stereocenters. The summed E-state index contributed by atoms with van der Waals surface area (Å²) in [6.07, 6.45) is 0. The molecule has 2 heterocycles. The van der Waals surface area contributed by atoms with Gasteiger partial charge in [0.15, 0.2) is 6.61 Å². The number of benzene rings is 2. The molecule has 1 aliphatic rings. The summed E-state index contributed by atoms with van der Waals surface area (Å²) in [6, 6.07) is 19.4. The van der Waals surface area contributed by atoms with E-state index >= 15 is 0 Å². The normalized spacial score (nSPS) is 12.9. The summed E-state index contributed by atoms with van der Waals surface area (Å²) in [5.41, 5.74) is 5.00. The van der Waals surface area contributed by atoms with Crippen LogP contribution < -0.4 is 10.1 Å². The lowest BCUT2D eigenvalue weighted by molar-refractivity contribution is -0.118. The first kappa shape index (κ1) is 15.4. The van der Waals surface area contributed by atoms with Gasteiger partial charge in [-0.1, -0.05) is 54.6 Å². The van der Waals surface area contributed by atoms with E-state index in [-0.39, 0.29) is 19.1 Å². The third-order valence-corrected chi connectivity index (χ3v) is 4.10. The topological polar surface area (TPSA) is 71.5 Å². The fourth-order valence-electron chi connectivity index (χ4n) is 2.84. The Morgan fingerprint density at radius 3 is 2.52 bits per heavy atom. The average molecular weight is 332 g/mol. The van der Waals surface area contributed by atoms with Gasteiger partial charge in [-0.15, -0.1) is 0 Å². The molecule has 1 aromatic heterocycles. The Bertz CT molecular complexity index is 922. The van der Waals surface area contributed by atoms with E-state index < -0.39 is 0 Å². The Hall–Kier alpha value is -3.18. The number of anilines is 1. The van der Waals surface area contributed by atoms with Gasteiger partial charge in [-0.2, -0.15) is 0 Å². The van der Waals surface area contributed by atoms with Crippen LogP contribution in [0.4, 0.5) is 5.69 Å². The zero-order valence-corrected chi connectivity index (χ0v) is 13.4. The van der Waals surface area contributed by atoms with E-state index in [1.165, 1.54) is 0 Å². The predicted octanol–water partition coefficient (Wildman–Crippen LogP) is 3.24. The van der Waals surface area contributed by atoms with Crippen molar-refractivity contribution >= 4 is 11.6 Å². The average Bonchev–Trinajstić information content (AvgIpc) is 2.68. The van der Waals surface area contributed by atoms with Crippen LogP contribution in [0.2, 0.25) is 0 Å². The van der Waals surface area contributed by atoms with Gasteiger partial charge in [0.2, 0.25) is 5.88 Å². The van der Waals surface area contributed by atoms with Crippen molar-refractivity contribution in [2.45, 2.75) is 6.61 Å². The van der Waals surface area contributed by atoms with Crippen molar-refractivity contribution in [1.82, 2.24) is 4.98 Å². The van der Waals surface area contributed by atoms with Gasteiger partial charge in [-0.3, -0.25) is 4.79 Å². The van der Waals surface area contributed by atoms with E-state index in [9.17, 15) is 9.90 Å². The van der Waals surface area contributed by atoms with Gasteiger partial charge in [0.1, 0.15) is 5.69 Å². The first-order valence-electron chi connectivity index (χ1n) is 7.98. The number of ether oxygens (including phenoxy) is 1. The highest BCUT2D eigenvalue weighted by Crippen LogP contribution is 2.38. The quantitative estimate of drug-likeness (QED) is 0.772. The van der Waals surface area contributed by atoms with Crippen LogP contribution in [-0.4, -0.2) is 22.6 Å². The van der Waals surface area contributed by atoms with Crippen LogP contribution in [0.15, 0.2) is 60.7 Å². The SMILES string of the molecule is O=C1COc2nc(-c3ccc(CO)cc3)c(-c3ccccc3)cc2N1. The second-order valence-corrected chi connectivity index (χ2v) is 5.80. The standard InChI is InChI=1S/C20H16N2O3/c23-11-13-6-8-15(9-7-13)19-16(14-4-2-1-3-5-14)10-17-20(22-19)25-12-18(24)21-17/h1-10,23H,11-12H2,(H,21,24). The van der Waals surface area contributed by atoms with Crippen LogP contribution in [-0.2, 0) is 11.4 Å². The monoisotopic (exact) mass is 332 g/mol. The Kier molecular flexibility index (Phi) is 3.91. The molecule has 5 nitrogen and oxygen atoms in total. The number of carbonyl (C=O) groups is 1. The molecule has 0 aliphatic carbocycles. The number of aliphatic hydroxyl groups is 1. The molecule has 3 aromatic rings. The Balaban J connectivity index is 1.90. The van der Waals surface area contributed by atoms with Gasteiger partial charge >= 0.3 is 0 Å². The van der Waals surface area contributed by atoms with Crippen molar-refractivity contribution in [2.75, 3.05) is 11.9 Å². The van der Waals surface area contributed by atoms with E-state index in [2.05, 4.69) is 10.3 Å². The fraction of sp³-hybridized carbons (Fsp3) is 0.100. The number of hydrogen-bond acceptors (Lipinski definition) is 4. The van der Waals surface area contributed by atoms with Gasteiger partial charge < -0.3 is 15.2 Å². The minimum Gasteiger partial charge on any atom is -0.466 e. The number of aromatic nitrogens is 1. The van der Waals surface area contributed by atoms with E-state index in [4.69, 9.17) is 4.74 Å². The number of carbonyl (C=O) groups excluding carboxylic acids is 1. The Morgan fingerprint density at radius 2 is 1.80 bits per heavy atom. The summed E-state index contributed by atoms with van der Waals surface area (Å²) < 4.78 is 5.47. The lowest BCUT2D eigenvalue weighted by Crippen LogP contribution is -2.26. The molecule has 0 saturated heterocycles. The van der Waals surface area contributed by atoms with Gasteiger partial charge in [0.25, 0.3) is 5.91 Å². The lowest BCUT2D eigenvalue weighted by atomic mass is 9.98. The van der Waals surface area contributed by atoms with Crippen molar-refractivity contribution in [3.63, 3.8) is 0 Å². The number of nitrogens with one attached hydrogen (secondary N) is 1. The molecule has 0 fully saturated rings. The van der Waals surface area contributed by atoms with E-state index in [0.717, 1.165) is 27.9 Å². The molecule has 0 saturated carbocycles. The number of amides is 1. The van der Waals surface area contributed by atoms with Crippen molar-refractivity contribution < 1.29 is 14.6 Å². The fourth-order valence-corrected chi connectivity index (χ4v) is 2.84. The number of aliphatic hydroxyl groups excluding tert-OH is 1. The highest BCUT2D eigenvalue weighted by molar-refractivity contribution is 5.97. The number of fused-ring (bicyclic) bond motifs is 1. The third kappa shape index (κ3) is 2.97. The summed E-state index contributed by atoms with van der Waals surface area (Å²) in [6.45, 7) is -0.0356. The van der Waals surface area contributed by atoms with Crippen LogP contribution in [0, 0.1) is 0 Å². The number of hydrogen-bond donors (Lipinski definition) is 2. The molecule has 2 aromatic carbocycles. The maximum Gasteiger partial charge on any atom is 0.262 e. The van der Waals surface area contributed by atoms with Gasteiger partial charge in [0.05, 0.1) is 12.3 Å². The minimum absolute atomic E-state index is 0.00141. The molecule has 25 heavy (non-hydrogen) atoms. The molecule has 2 N–H and O–H groups in total. The van der Waals surface area contributed by atoms with Gasteiger partial charge in [0, 0.05) is 11.1 Å². The molecular weight excluding hydrogens is 316 g/mol. The van der Waals surface area contributed by atoms with E-state index in [1.54, 1.807) is 0 Å². The third-order valence-electron chi connectivity index (χ3n) is 4.10. The number of nitrogens with zero attached hydrogens (tertiary/aromatic N) is 1. The molecule has 5 heteroatoms.